The molecule has 0 aromatic heterocycles. The third-order valence-corrected chi connectivity index (χ3v) is 4.51. The van der Waals surface area contributed by atoms with Gasteiger partial charge in [0.05, 0.1) is 24.5 Å². The number of unbranched alkanes of at least 4 members (excludes halogenated alkanes) is 1. The van der Waals surface area contributed by atoms with Gasteiger partial charge < -0.3 is 24.6 Å². The molecule has 0 aliphatic carbocycles. The SMILES string of the molecule is CCCCOC(=O)N[C@H]1CCN(CC=O)c2cc(Cl)ccc2N(C)C1=O. The minimum Gasteiger partial charge on any atom is -0.450 e. The van der Waals surface area contributed by atoms with Crippen molar-refractivity contribution in [3.05, 3.63) is 23.2 Å². The summed E-state index contributed by atoms with van der Waals surface area (Å²) < 4.78 is 5.09. The smallest absolute Gasteiger partial charge is 0.407 e. The van der Waals surface area contributed by atoms with Crippen molar-refractivity contribution in [2.75, 3.05) is 36.5 Å². The van der Waals surface area contributed by atoms with Crippen molar-refractivity contribution < 1.29 is 19.1 Å². The zero-order chi connectivity index (χ0) is 19.1. The van der Waals surface area contributed by atoms with Crippen LogP contribution in [0.1, 0.15) is 26.2 Å². The Morgan fingerprint density at radius 1 is 1.42 bits per heavy atom. The normalized spacial score (nSPS) is 17.2. The molecule has 0 fully saturated rings. The van der Waals surface area contributed by atoms with Crippen LogP contribution in [0.4, 0.5) is 16.2 Å². The quantitative estimate of drug-likeness (QED) is 0.605. The van der Waals surface area contributed by atoms with Gasteiger partial charge in [0.15, 0.2) is 0 Å². The molecule has 142 valence electrons. The molecule has 7 nitrogen and oxygen atoms in total. The van der Waals surface area contributed by atoms with E-state index >= 15 is 0 Å². The van der Waals surface area contributed by atoms with E-state index in [1.165, 1.54) is 4.90 Å². The standard InChI is InChI=1S/C18H24ClN3O4/c1-3-4-11-26-18(25)20-14-7-8-22(9-10-23)16-12-13(19)5-6-15(16)21(2)17(14)24/h5-6,10,12,14H,3-4,7-9,11H2,1-2H3,(H,20,25)/t14-/m0/s1. The van der Waals surface area contributed by atoms with E-state index in [0.29, 0.717) is 36.0 Å². The van der Waals surface area contributed by atoms with E-state index in [9.17, 15) is 14.4 Å². The summed E-state index contributed by atoms with van der Waals surface area (Å²) in [5.41, 5.74) is 1.34. The average Bonchev–Trinajstić information content (AvgIpc) is 2.62. The minimum absolute atomic E-state index is 0.170. The lowest BCUT2D eigenvalue weighted by molar-refractivity contribution is -0.120. The molecule has 0 saturated heterocycles. The van der Waals surface area contributed by atoms with Crippen LogP contribution in [-0.2, 0) is 14.3 Å². The fourth-order valence-electron chi connectivity index (χ4n) is 2.82. The molecular weight excluding hydrogens is 358 g/mol. The number of likely N-dealkylation sites (N-methyl/N-ethyl adjacent to an activating group) is 1. The van der Waals surface area contributed by atoms with Crippen molar-refractivity contribution in [3.63, 3.8) is 0 Å². The maximum Gasteiger partial charge on any atom is 0.407 e. The van der Waals surface area contributed by atoms with Crippen molar-refractivity contribution >= 4 is 41.3 Å². The molecule has 1 heterocycles. The predicted molar refractivity (Wildman–Crippen MR) is 101 cm³/mol. The molecule has 2 amide bonds. The van der Waals surface area contributed by atoms with Gasteiger partial charge in [0.25, 0.3) is 0 Å². The van der Waals surface area contributed by atoms with Crippen LogP contribution in [0.3, 0.4) is 0 Å². The topological polar surface area (TPSA) is 79.0 Å². The van der Waals surface area contributed by atoms with Gasteiger partial charge in [-0.1, -0.05) is 24.9 Å². The van der Waals surface area contributed by atoms with Gasteiger partial charge >= 0.3 is 6.09 Å². The summed E-state index contributed by atoms with van der Waals surface area (Å²) in [4.78, 5) is 39.1. The number of alkyl carbamates (subject to hydrolysis) is 1. The summed E-state index contributed by atoms with van der Waals surface area (Å²) in [5, 5.41) is 3.16. The highest BCUT2D eigenvalue weighted by Gasteiger charge is 2.30. The van der Waals surface area contributed by atoms with Gasteiger partial charge in [-0.3, -0.25) is 4.79 Å². The van der Waals surface area contributed by atoms with Crippen LogP contribution in [-0.4, -0.2) is 51.1 Å². The molecule has 0 bridgehead atoms. The second kappa shape index (κ2) is 9.43. The number of rotatable bonds is 6. The first-order valence-electron chi connectivity index (χ1n) is 8.67. The Morgan fingerprint density at radius 2 is 2.19 bits per heavy atom. The number of carbonyl (C=O) groups excluding carboxylic acids is 3. The first-order chi connectivity index (χ1) is 12.5. The molecular formula is C18H24ClN3O4. The Kier molecular flexibility index (Phi) is 7.26. The van der Waals surface area contributed by atoms with Gasteiger partial charge in [-0.15, -0.1) is 0 Å². The van der Waals surface area contributed by atoms with Gasteiger partial charge in [0.1, 0.15) is 12.3 Å². The fourth-order valence-corrected chi connectivity index (χ4v) is 2.99. The van der Waals surface area contributed by atoms with E-state index in [1.54, 1.807) is 25.2 Å². The van der Waals surface area contributed by atoms with Gasteiger partial charge in [-0.25, -0.2) is 4.79 Å². The van der Waals surface area contributed by atoms with Crippen LogP contribution >= 0.6 is 11.6 Å². The number of benzene rings is 1. The highest BCUT2D eigenvalue weighted by molar-refractivity contribution is 6.31. The van der Waals surface area contributed by atoms with Crippen LogP contribution in [0.2, 0.25) is 5.02 Å². The third-order valence-electron chi connectivity index (χ3n) is 4.27. The molecule has 1 aliphatic heterocycles. The molecule has 1 N–H and O–H groups in total. The van der Waals surface area contributed by atoms with Crippen molar-refractivity contribution in [1.29, 1.82) is 0 Å². The van der Waals surface area contributed by atoms with E-state index < -0.39 is 12.1 Å². The monoisotopic (exact) mass is 381 g/mol. The lowest BCUT2D eigenvalue weighted by Crippen LogP contribution is -2.51. The minimum atomic E-state index is -0.730. The zero-order valence-corrected chi connectivity index (χ0v) is 15.8. The maximum atomic E-state index is 12.8. The van der Waals surface area contributed by atoms with Gasteiger partial charge in [-0.2, -0.15) is 0 Å². The van der Waals surface area contributed by atoms with Crippen LogP contribution in [0.25, 0.3) is 0 Å². The summed E-state index contributed by atoms with van der Waals surface area (Å²) in [5.74, 6) is -0.244. The molecule has 0 radical (unpaired) electrons. The molecule has 1 atom stereocenters. The van der Waals surface area contributed by atoms with Crippen molar-refractivity contribution in [3.8, 4) is 0 Å². The summed E-state index contributed by atoms with van der Waals surface area (Å²) >= 11 is 6.09. The number of nitrogens with one attached hydrogen (secondary N) is 1. The number of halogens is 1. The lowest BCUT2D eigenvalue weighted by Gasteiger charge is -2.34. The molecule has 2 rings (SSSR count). The van der Waals surface area contributed by atoms with Crippen LogP contribution < -0.4 is 15.1 Å². The van der Waals surface area contributed by atoms with Gasteiger partial charge in [0.2, 0.25) is 5.91 Å². The molecule has 8 heteroatoms. The number of aldehydes is 1. The largest absolute Gasteiger partial charge is 0.450 e. The predicted octanol–water partition coefficient (Wildman–Crippen LogP) is 2.61. The molecule has 1 aromatic rings. The first-order valence-corrected chi connectivity index (χ1v) is 9.04. The van der Waals surface area contributed by atoms with Crippen molar-refractivity contribution in [2.24, 2.45) is 0 Å². The Labute approximate surface area is 158 Å². The van der Waals surface area contributed by atoms with Crippen LogP contribution in [0.5, 0.6) is 0 Å². The second-order valence-electron chi connectivity index (χ2n) is 6.12. The summed E-state index contributed by atoms with van der Waals surface area (Å²) in [6.07, 6.45) is 2.23. The fraction of sp³-hybridized carbons (Fsp3) is 0.500. The molecule has 1 aliphatic rings. The molecule has 26 heavy (non-hydrogen) atoms. The first kappa shape index (κ1) is 20.0. The number of nitrogens with zero attached hydrogens (tertiary/aromatic N) is 2. The Bertz CT molecular complexity index is 668. The number of fused-ring (bicyclic) bond motifs is 1. The lowest BCUT2D eigenvalue weighted by atomic mass is 10.1. The van der Waals surface area contributed by atoms with E-state index in [2.05, 4.69) is 5.32 Å². The average molecular weight is 382 g/mol. The van der Waals surface area contributed by atoms with E-state index in [4.69, 9.17) is 16.3 Å². The maximum absolute atomic E-state index is 12.8. The summed E-state index contributed by atoms with van der Waals surface area (Å²) in [6, 6.07) is 4.42. The number of hydrogen-bond acceptors (Lipinski definition) is 5. The van der Waals surface area contributed by atoms with Crippen LogP contribution in [0.15, 0.2) is 18.2 Å². The summed E-state index contributed by atoms with van der Waals surface area (Å²) in [7, 11) is 1.64. The van der Waals surface area contributed by atoms with Crippen molar-refractivity contribution in [2.45, 2.75) is 32.2 Å². The zero-order valence-electron chi connectivity index (χ0n) is 15.0. The number of amides is 2. The number of hydrogen-bond donors (Lipinski definition) is 1. The van der Waals surface area contributed by atoms with E-state index in [0.717, 1.165) is 19.1 Å². The highest BCUT2D eigenvalue weighted by Crippen LogP contribution is 2.33. The number of carbonyl (C=O) groups is 3. The Hall–Kier alpha value is -2.28. The second-order valence-corrected chi connectivity index (χ2v) is 6.55. The highest BCUT2D eigenvalue weighted by atomic mass is 35.5. The van der Waals surface area contributed by atoms with Gasteiger partial charge in [-0.05, 0) is 31.0 Å². The van der Waals surface area contributed by atoms with Crippen molar-refractivity contribution in [1.82, 2.24) is 5.32 Å². The third kappa shape index (κ3) is 4.88. The number of anilines is 2. The van der Waals surface area contributed by atoms with E-state index in [1.807, 2.05) is 11.8 Å². The number of ether oxygens (including phenoxy) is 1. The van der Waals surface area contributed by atoms with E-state index in [-0.39, 0.29) is 12.5 Å². The van der Waals surface area contributed by atoms with Crippen LogP contribution in [0, 0.1) is 0 Å². The molecule has 1 aromatic carbocycles. The molecule has 0 saturated carbocycles. The Balaban J connectivity index is 2.22. The Morgan fingerprint density at radius 3 is 2.88 bits per heavy atom. The molecule has 0 unspecified atom stereocenters. The summed E-state index contributed by atoms with van der Waals surface area (Å²) in [6.45, 7) is 2.91. The molecule has 0 spiro atoms. The van der Waals surface area contributed by atoms with Gasteiger partial charge in [0, 0.05) is 18.6 Å².